The van der Waals surface area contributed by atoms with E-state index < -0.39 is 67.3 Å². The Bertz CT molecular complexity index is 1480. The van der Waals surface area contributed by atoms with E-state index in [0.29, 0.717) is 19.3 Å². The number of aliphatic carboxylic acids is 1. The topological polar surface area (TPSA) is 175 Å². The molecule has 1 fully saturated rings. The van der Waals surface area contributed by atoms with Gasteiger partial charge < -0.3 is 39.0 Å². The van der Waals surface area contributed by atoms with Gasteiger partial charge in [0, 0.05) is 19.3 Å². The number of hydrogen-bond acceptors (Lipinski definition) is 11. The smallest absolute Gasteiger partial charge is 0.335 e. The van der Waals surface area contributed by atoms with Crippen LogP contribution in [-0.4, -0.2) is 89.2 Å². The summed E-state index contributed by atoms with van der Waals surface area (Å²) in [4.78, 5) is 51.2. The number of carboxylic acids is 1. The van der Waals surface area contributed by atoms with E-state index >= 15 is 0 Å². The van der Waals surface area contributed by atoms with Crippen LogP contribution >= 0.6 is 0 Å². The number of esters is 3. The fraction of sp³-hybridized carbons (Fsp3) is 0.846. The molecule has 6 atom stereocenters. The van der Waals surface area contributed by atoms with E-state index in [9.17, 15) is 34.5 Å². The number of carboxylic acid groups (broad SMARTS) is 1. The molecule has 0 spiro atoms. The second kappa shape index (κ2) is 53.6. The second-order valence-electron chi connectivity index (χ2n) is 22.0. The van der Waals surface area contributed by atoms with Crippen molar-refractivity contribution in [3.63, 3.8) is 0 Å². The van der Waals surface area contributed by atoms with Crippen LogP contribution in [0.5, 0.6) is 0 Å². The van der Waals surface area contributed by atoms with Crippen molar-refractivity contribution < 1.29 is 58.2 Å². The summed E-state index contributed by atoms with van der Waals surface area (Å²) in [5.74, 6) is -3.10. The predicted molar refractivity (Wildman–Crippen MR) is 313 cm³/mol. The Balaban J connectivity index is 2.62. The largest absolute Gasteiger partial charge is 0.479 e. The van der Waals surface area contributed by atoms with Gasteiger partial charge in [0.15, 0.2) is 24.6 Å². The molecule has 1 rings (SSSR count). The Morgan fingerprint density at radius 2 is 0.779 bits per heavy atom. The SMILES string of the molecule is CCCCC/C=C\C/C=C\CCCCCCCCCC(=O)OC1C(OCC(COC(=O)CCCCCCCCCCC/C=C\CCCCCCCC)OC(=O)CCCCCCCCCCCCC)OC(C(=O)O)C(O)C1O. The van der Waals surface area contributed by atoms with Gasteiger partial charge in [0.25, 0.3) is 0 Å². The highest BCUT2D eigenvalue weighted by atomic mass is 16.7. The molecule has 448 valence electrons. The maximum Gasteiger partial charge on any atom is 0.335 e. The predicted octanol–water partition coefficient (Wildman–Crippen LogP) is 16.8. The molecule has 3 N–H and O–H groups in total. The quantitative estimate of drug-likeness (QED) is 0.0228. The lowest BCUT2D eigenvalue weighted by molar-refractivity contribution is -0.301. The molecule has 6 unspecified atom stereocenters. The molecular formula is C65H116O12. The zero-order valence-electron chi connectivity index (χ0n) is 49.5. The number of aliphatic hydroxyl groups is 2. The third kappa shape index (κ3) is 43.4. The van der Waals surface area contributed by atoms with Gasteiger partial charge in [0.05, 0.1) is 6.61 Å². The number of aliphatic hydroxyl groups excluding tert-OH is 2. The average Bonchev–Trinajstić information content (AvgIpc) is 3.42. The van der Waals surface area contributed by atoms with Crippen LogP contribution in [0.25, 0.3) is 0 Å². The number of unbranched alkanes of at least 4 members (excludes halogenated alkanes) is 35. The van der Waals surface area contributed by atoms with Crippen LogP contribution in [0.1, 0.15) is 303 Å². The van der Waals surface area contributed by atoms with E-state index in [2.05, 4.69) is 57.2 Å². The van der Waals surface area contributed by atoms with Crippen molar-refractivity contribution in [2.75, 3.05) is 13.2 Å². The number of carbonyl (C=O) groups is 4. The standard InChI is InChI=1S/C65H116O12/c1-4-7-10-13-16-19-22-24-26-28-29-31-32-34-37-39-42-45-48-51-57(66)73-54-56(75-58(67)52-49-46-43-40-36-21-18-15-12-9-6-3)55-74-65-63(61(70)60(69)62(77-65)64(71)72)76-59(68)53-50-47-44-41-38-35-33-30-27-25-23-20-17-14-11-8-5-2/h17,20,24-27,56,60-63,65,69-70H,4-16,18-19,21-23,28-55H2,1-3H3,(H,71,72)/b20-17-,26-24-,27-25-. The van der Waals surface area contributed by atoms with Crippen molar-refractivity contribution in [3.8, 4) is 0 Å². The Morgan fingerprint density at radius 1 is 0.429 bits per heavy atom. The van der Waals surface area contributed by atoms with E-state index in [-0.39, 0.29) is 25.9 Å². The molecule has 1 aliphatic heterocycles. The van der Waals surface area contributed by atoms with E-state index in [1.165, 1.54) is 148 Å². The Kier molecular flexibility index (Phi) is 50.1. The van der Waals surface area contributed by atoms with Crippen molar-refractivity contribution >= 4 is 23.9 Å². The summed E-state index contributed by atoms with van der Waals surface area (Å²) >= 11 is 0. The molecule has 0 saturated carbocycles. The minimum Gasteiger partial charge on any atom is -0.479 e. The summed E-state index contributed by atoms with van der Waals surface area (Å²) in [5.41, 5.74) is 0. The maximum absolute atomic E-state index is 13.1. The van der Waals surface area contributed by atoms with Crippen molar-refractivity contribution in [2.45, 2.75) is 340 Å². The van der Waals surface area contributed by atoms with Gasteiger partial charge in [-0.15, -0.1) is 0 Å². The number of carbonyl (C=O) groups excluding carboxylic acids is 3. The van der Waals surface area contributed by atoms with Gasteiger partial charge in [-0.25, -0.2) is 4.79 Å². The van der Waals surface area contributed by atoms with Crippen LogP contribution in [0.15, 0.2) is 36.5 Å². The zero-order chi connectivity index (χ0) is 56.1. The fourth-order valence-electron chi connectivity index (χ4n) is 9.75. The molecule has 12 nitrogen and oxygen atoms in total. The van der Waals surface area contributed by atoms with Gasteiger partial charge in [-0.3, -0.25) is 14.4 Å². The zero-order valence-corrected chi connectivity index (χ0v) is 49.5. The average molecular weight is 1090 g/mol. The molecule has 1 heterocycles. The normalized spacial score (nSPS) is 18.2. The highest BCUT2D eigenvalue weighted by molar-refractivity contribution is 5.74. The van der Waals surface area contributed by atoms with Crippen molar-refractivity contribution in [3.05, 3.63) is 36.5 Å². The highest BCUT2D eigenvalue weighted by Crippen LogP contribution is 2.27. The van der Waals surface area contributed by atoms with Gasteiger partial charge in [0.1, 0.15) is 18.8 Å². The molecule has 0 aliphatic carbocycles. The van der Waals surface area contributed by atoms with Crippen LogP contribution in [0, 0.1) is 0 Å². The van der Waals surface area contributed by atoms with Crippen LogP contribution in [0.4, 0.5) is 0 Å². The van der Waals surface area contributed by atoms with Crippen LogP contribution in [-0.2, 0) is 42.9 Å². The number of hydrogen-bond donors (Lipinski definition) is 3. The van der Waals surface area contributed by atoms with Crippen molar-refractivity contribution in [1.82, 2.24) is 0 Å². The van der Waals surface area contributed by atoms with Gasteiger partial charge >= 0.3 is 23.9 Å². The van der Waals surface area contributed by atoms with Gasteiger partial charge in [-0.2, -0.15) is 0 Å². The first-order valence-corrected chi connectivity index (χ1v) is 32.0. The first-order valence-electron chi connectivity index (χ1n) is 32.0. The fourth-order valence-corrected chi connectivity index (χ4v) is 9.75. The Labute approximate surface area is 470 Å². The molecule has 12 heteroatoms. The first kappa shape index (κ1) is 72.0. The number of allylic oxidation sites excluding steroid dienone is 6. The Morgan fingerprint density at radius 3 is 1.21 bits per heavy atom. The number of rotatable bonds is 55. The summed E-state index contributed by atoms with van der Waals surface area (Å²) in [7, 11) is 0. The van der Waals surface area contributed by atoms with E-state index in [4.69, 9.17) is 23.7 Å². The molecule has 0 aromatic heterocycles. The molecule has 1 saturated heterocycles. The molecular weight excluding hydrogens is 973 g/mol. The van der Waals surface area contributed by atoms with Crippen LogP contribution in [0.3, 0.4) is 0 Å². The third-order valence-electron chi connectivity index (χ3n) is 14.7. The second-order valence-corrected chi connectivity index (χ2v) is 22.0. The maximum atomic E-state index is 13.1. The summed E-state index contributed by atoms with van der Waals surface area (Å²) in [6, 6.07) is 0. The molecule has 0 bridgehead atoms. The minimum atomic E-state index is -1.90. The van der Waals surface area contributed by atoms with Gasteiger partial charge in [-0.05, 0) is 77.0 Å². The monoisotopic (exact) mass is 1090 g/mol. The lowest BCUT2D eigenvalue weighted by atomic mass is 9.98. The molecule has 77 heavy (non-hydrogen) atoms. The summed E-state index contributed by atoms with van der Waals surface area (Å²) in [6.07, 6.45) is 51.1. The highest BCUT2D eigenvalue weighted by Gasteiger charge is 2.50. The van der Waals surface area contributed by atoms with Crippen LogP contribution in [0.2, 0.25) is 0 Å². The molecule has 0 aromatic rings. The molecule has 0 radical (unpaired) electrons. The van der Waals surface area contributed by atoms with E-state index in [1.807, 2.05) is 0 Å². The molecule has 0 amide bonds. The Hall–Kier alpha value is -3.06. The van der Waals surface area contributed by atoms with E-state index in [1.54, 1.807) is 0 Å². The number of ether oxygens (including phenoxy) is 5. The van der Waals surface area contributed by atoms with Gasteiger partial charge in [0.2, 0.25) is 0 Å². The summed E-state index contributed by atoms with van der Waals surface area (Å²) in [5, 5.41) is 31.5. The van der Waals surface area contributed by atoms with E-state index in [0.717, 1.165) is 96.3 Å². The van der Waals surface area contributed by atoms with Gasteiger partial charge in [-0.1, -0.05) is 243 Å². The van der Waals surface area contributed by atoms with Crippen LogP contribution < -0.4 is 0 Å². The lowest BCUT2D eigenvalue weighted by Gasteiger charge is -2.40. The lowest BCUT2D eigenvalue weighted by Crippen LogP contribution is -2.61. The van der Waals surface area contributed by atoms with Crippen molar-refractivity contribution in [1.29, 1.82) is 0 Å². The van der Waals surface area contributed by atoms with Crippen molar-refractivity contribution in [2.24, 2.45) is 0 Å². The molecule has 0 aromatic carbocycles. The third-order valence-corrected chi connectivity index (χ3v) is 14.7. The first-order chi connectivity index (χ1) is 37.6. The molecule has 1 aliphatic rings. The summed E-state index contributed by atoms with van der Waals surface area (Å²) < 4.78 is 28.5. The minimum absolute atomic E-state index is 0.0547. The summed E-state index contributed by atoms with van der Waals surface area (Å²) in [6.45, 7) is 5.99.